The van der Waals surface area contributed by atoms with Crippen molar-refractivity contribution in [1.82, 2.24) is 10.3 Å². The summed E-state index contributed by atoms with van der Waals surface area (Å²) in [5.41, 5.74) is 3.05. The van der Waals surface area contributed by atoms with E-state index >= 15 is 0 Å². The summed E-state index contributed by atoms with van der Waals surface area (Å²) in [5.74, 6) is -0.163. The van der Waals surface area contributed by atoms with Crippen LogP contribution in [-0.4, -0.2) is 10.9 Å². The van der Waals surface area contributed by atoms with Crippen molar-refractivity contribution >= 4 is 5.91 Å². The fraction of sp³-hybridized carbons (Fsp3) is 0.0667. The Morgan fingerprint density at radius 1 is 1.22 bits per heavy atom. The number of pyridine rings is 1. The zero-order valence-electron chi connectivity index (χ0n) is 9.97. The van der Waals surface area contributed by atoms with E-state index in [1.54, 1.807) is 6.20 Å². The number of carbonyl (C=O) groups is 1. The Balaban J connectivity index is 2.06. The lowest BCUT2D eigenvalue weighted by Gasteiger charge is -2.04. The summed E-state index contributed by atoms with van der Waals surface area (Å²) in [5, 5.41) is 2.74. The second-order valence-electron chi connectivity index (χ2n) is 3.83. The molecule has 0 bridgehead atoms. The molecule has 0 saturated heterocycles. The first kappa shape index (κ1) is 12.0. The summed E-state index contributed by atoms with van der Waals surface area (Å²) >= 11 is 0. The number of hydrogen-bond donors (Lipinski definition) is 1. The van der Waals surface area contributed by atoms with Crippen molar-refractivity contribution in [3.63, 3.8) is 0 Å². The van der Waals surface area contributed by atoms with Crippen LogP contribution in [0.3, 0.4) is 0 Å². The maximum Gasteiger partial charge on any atom is 0.243 e. The minimum atomic E-state index is -0.163. The molecule has 0 spiro atoms. The average Bonchev–Trinajstić information content (AvgIpc) is 2.46. The van der Waals surface area contributed by atoms with Gasteiger partial charge in [0.1, 0.15) is 0 Å². The van der Waals surface area contributed by atoms with Gasteiger partial charge >= 0.3 is 0 Å². The van der Waals surface area contributed by atoms with E-state index < -0.39 is 0 Å². The van der Waals surface area contributed by atoms with Crippen molar-refractivity contribution in [2.24, 2.45) is 0 Å². The van der Waals surface area contributed by atoms with Crippen LogP contribution < -0.4 is 5.32 Å². The van der Waals surface area contributed by atoms with E-state index in [4.69, 9.17) is 0 Å². The van der Waals surface area contributed by atoms with Gasteiger partial charge in [0.15, 0.2) is 0 Å². The van der Waals surface area contributed by atoms with E-state index in [9.17, 15) is 4.79 Å². The van der Waals surface area contributed by atoms with Crippen LogP contribution in [0.15, 0.2) is 61.3 Å². The van der Waals surface area contributed by atoms with E-state index in [0.29, 0.717) is 6.54 Å². The predicted molar refractivity (Wildman–Crippen MR) is 71.7 cm³/mol. The number of nitrogens with one attached hydrogen (secondary N) is 1. The van der Waals surface area contributed by atoms with Crippen LogP contribution in [0, 0.1) is 0 Å². The molecule has 0 fully saturated rings. The minimum Gasteiger partial charge on any atom is -0.348 e. The molecule has 2 rings (SSSR count). The summed E-state index contributed by atoms with van der Waals surface area (Å²) in [6, 6.07) is 13.8. The molecule has 0 radical (unpaired) electrons. The van der Waals surface area contributed by atoms with E-state index in [1.165, 1.54) is 6.08 Å². The zero-order chi connectivity index (χ0) is 12.8. The summed E-state index contributed by atoms with van der Waals surface area (Å²) in [4.78, 5) is 15.3. The van der Waals surface area contributed by atoms with Gasteiger partial charge < -0.3 is 5.32 Å². The van der Waals surface area contributed by atoms with Gasteiger partial charge in [-0.05, 0) is 23.8 Å². The molecule has 0 saturated carbocycles. The van der Waals surface area contributed by atoms with Crippen LogP contribution in [0.25, 0.3) is 11.3 Å². The Kier molecular flexibility index (Phi) is 3.86. The van der Waals surface area contributed by atoms with Crippen LogP contribution in [0.4, 0.5) is 0 Å². The molecular weight excluding hydrogens is 224 g/mol. The van der Waals surface area contributed by atoms with Crippen molar-refractivity contribution in [2.75, 3.05) is 0 Å². The van der Waals surface area contributed by atoms with Gasteiger partial charge in [-0.15, -0.1) is 0 Å². The molecule has 1 heterocycles. The van der Waals surface area contributed by atoms with Gasteiger partial charge in [0, 0.05) is 18.3 Å². The van der Waals surface area contributed by atoms with Gasteiger partial charge in [0.25, 0.3) is 0 Å². The second-order valence-corrected chi connectivity index (χ2v) is 3.83. The topological polar surface area (TPSA) is 42.0 Å². The summed E-state index contributed by atoms with van der Waals surface area (Å²) < 4.78 is 0. The first-order chi connectivity index (χ1) is 8.79. The predicted octanol–water partition coefficient (Wildman–Crippen LogP) is 2.55. The summed E-state index contributed by atoms with van der Waals surface area (Å²) in [6.45, 7) is 3.91. The molecule has 0 atom stereocenters. The molecule has 0 aliphatic heterocycles. The molecule has 0 aliphatic carbocycles. The number of amides is 1. The number of carbonyl (C=O) groups excluding carboxylic acids is 1. The molecule has 3 nitrogen and oxygen atoms in total. The Morgan fingerprint density at radius 3 is 2.61 bits per heavy atom. The Morgan fingerprint density at radius 2 is 2.00 bits per heavy atom. The lowest BCUT2D eigenvalue weighted by atomic mass is 10.1. The van der Waals surface area contributed by atoms with Crippen molar-refractivity contribution < 1.29 is 4.79 Å². The lowest BCUT2D eigenvalue weighted by Crippen LogP contribution is -2.19. The Labute approximate surface area is 106 Å². The quantitative estimate of drug-likeness (QED) is 0.832. The number of aromatic nitrogens is 1. The highest BCUT2D eigenvalue weighted by molar-refractivity contribution is 5.86. The van der Waals surface area contributed by atoms with E-state index in [1.807, 2.05) is 42.5 Å². The first-order valence-corrected chi connectivity index (χ1v) is 5.70. The van der Waals surface area contributed by atoms with E-state index in [2.05, 4.69) is 16.9 Å². The molecule has 1 aromatic carbocycles. The molecule has 0 aliphatic rings. The fourth-order valence-electron chi connectivity index (χ4n) is 1.59. The van der Waals surface area contributed by atoms with E-state index in [0.717, 1.165) is 16.8 Å². The number of benzene rings is 1. The van der Waals surface area contributed by atoms with Crippen molar-refractivity contribution in [1.29, 1.82) is 0 Å². The van der Waals surface area contributed by atoms with Crippen LogP contribution in [0.5, 0.6) is 0 Å². The molecule has 0 unspecified atom stereocenters. The van der Waals surface area contributed by atoms with Crippen LogP contribution in [0.1, 0.15) is 5.56 Å². The van der Waals surface area contributed by atoms with Crippen molar-refractivity contribution in [3.8, 4) is 11.3 Å². The van der Waals surface area contributed by atoms with Gasteiger partial charge in [0.2, 0.25) is 5.91 Å². The minimum absolute atomic E-state index is 0.163. The Bertz CT molecular complexity index is 532. The molecule has 1 amide bonds. The first-order valence-electron chi connectivity index (χ1n) is 5.70. The smallest absolute Gasteiger partial charge is 0.243 e. The highest BCUT2D eigenvalue weighted by Gasteiger charge is 1.99. The SMILES string of the molecule is C=CC(=O)NCc1ccc(-c2ccccn2)cc1. The average molecular weight is 238 g/mol. The molecule has 1 aromatic heterocycles. The number of hydrogen-bond acceptors (Lipinski definition) is 2. The van der Waals surface area contributed by atoms with Crippen LogP contribution in [-0.2, 0) is 11.3 Å². The van der Waals surface area contributed by atoms with Gasteiger partial charge in [-0.1, -0.05) is 36.9 Å². The lowest BCUT2D eigenvalue weighted by molar-refractivity contribution is -0.116. The molecule has 2 aromatic rings. The number of rotatable bonds is 4. The Hall–Kier alpha value is -2.42. The molecule has 18 heavy (non-hydrogen) atoms. The third kappa shape index (κ3) is 3.04. The summed E-state index contributed by atoms with van der Waals surface area (Å²) in [6.07, 6.45) is 3.04. The highest BCUT2D eigenvalue weighted by Crippen LogP contribution is 2.16. The summed E-state index contributed by atoms with van der Waals surface area (Å²) in [7, 11) is 0. The maximum absolute atomic E-state index is 11.0. The zero-order valence-corrected chi connectivity index (χ0v) is 9.97. The molecular formula is C15H14N2O. The fourth-order valence-corrected chi connectivity index (χ4v) is 1.59. The highest BCUT2D eigenvalue weighted by atomic mass is 16.1. The van der Waals surface area contributed by atoms with Crippen molar-refractivity contribution in [2.45, 2.75) is 6.54 Å². The van der Waals surface area contributed by atoms with Gasteiger partial charge in [-0.25, -0.2) is 0 Å². The molecule has 1 N–H and O–H groups in total. The third-order valence-corrected chi connectivity index (χ3v) is 2.57. The standard InChI is InChI=1S/C15H14N2O/c1-2-15(18)17-11-12-6-8-13(9-7-12)14-5-3-4-10-16-14/h2-10H,1,11H2,(H,17,18). The van der Waals surface area contributed by atoms with Gasteiger partial charge in [0.05, 0.1) is 5.69 Å². The monoisotopic (exact) mass is 238 g/mol. The van der Waals surface area contributed by atoms with Crippen molar-refractivity contribution in [3.05, 3.63) is 66.9 Å². The normalized spacial score (nSPS) is 9.78. The van der Waals surface area contributed by atoms with Gasteiger partial charge in [-0.3, -0.25) is 9.78 Å². The largest absolute Gasteiger partial charge is 0.348 e. The van der Waals surface area contributed by atoms with Crippen LogP contribution >= 0.6 is 0 Å². The number of nitrogens with zero attached hydrogens (tertiary/aromatic N) is 1. The molecule has 3 heteroatoms. The third-order valence-electron chi connectivity index (χ3n) is 2.57. The van der Waals surface area contributed by atoms with Gasteiger partial charge in [-0.2, -0.15) is 0 Å². The molecule has 90 valence electrons. The van der Waals surface area contributed by atoms with E-state index in [-0.39, 0.29) is 5.91 Å². The second kappa shape index (κ2) is 5.77. The van der Waals surface area contributed by atoms with Crippen LogP contribution in [0.2, 0.25) is 0 Å². The maximum atomic E-state index is 11.0.